The number of likely N-dealkylation sites (N-methyl/N-ethyl adjacent to an activating group) is 1. The number of rotatable bonds is 6. The van der Waals surface area contributed by atoms with Gasteiger partial charge in [0.2, 0.25) is 0 Å². The van der Waals surface area contributed by atoms with Crippen LogP contribution < -0.4 is 15.4 Å². The third-order valence-electron chi connectivity index (χ3n) is 3.62. The Bertz CT molecular complexity index is 735. The van der Waals surface area contributed by atoms with E-state index in [0.717, 1.165) is 5.56 Å². The van der Waals surface area contributed by atoms with E-state index in [2.05, 4.69) is 10.6 Å². The predicted molar refractivity (Wildman–Crippen MR) is 100 cm³/mol. The molecule has 1 unspecified atom stereocenters. The van der Waals surface area contributed by atoms with Crippen molar-refractivity contribution in [3.05, 3.63) is 45.6 Å². The minimum atomic E-state index is -0.775. The van der Waals surface area contributed by atoms with E-state index < -0.39 is 11.8 Å². The number of amides is 2. The summed E-state index contributed by atoms with van der Waals surface area (Å²) in [6, 6.07) is 6.77. The molecule has 1 aromatic carbocycles. The molecule has 0 bridgehead atoms. The smallest absolute Gasteiger partial charge is 0.313 e. The lowest BCUT2D eigenvalue weighted by molar-refractivity contribution is -0.136. The van der Waals surface area contributed by atoms with Gasteiger partial charge in [0, 0.05) is 11.6 Å². The van der Waals surface area contributed by atoms with Gasteiger partial charge in [-0.25, -0.2) is 0 Å². The molecule has 2 aromatic rings. The molecule has 0 aliphatic heterocycles. The Morgan fingerprint density at radius 1 is 1.28 bits per heavy atom. The Balaban J connectivity index is 1.98. The average molecular weight is 382 g/mol. The molecule has 8 heteroatoms. The molecule has 25 heavy (non-hydrogen) atoms. The van der Waals surface area contributed by atoms with Crippen molar-refractivity contribution in [3.63, 3.8) is 0 Å². The lowest BCUT2D eigenvalue weighted by Gasteiger charge is -2.23. The van der Waals surface area contributed by atoms with Gasteiger partial charge in [-0.1, -0.05) is 11.6 Å². The molecule has 1 atom stereocenters. The van der Waals surface area contributed by atoms with Crippen LogP contribution in [0.25, 0.3) is 0 Å². The zero-order valence-corrected chi connectivity index (χ0v) is 15.8. The number of benzene rings is 1. The van der Waals surface area contributed by atoms with Crippen LogP contribution in [-0.4, -0.2) is 44.5 Å². The monoisotopic (exact) mass is 381 g/mol. The number of carbonyl (C=O) groups is 2. The molecule has 0 saturated heterocycles. The second kappa shape index (κ2) is 8.84. The van der Waals surface area contributed by atoms with Gasteiger partial charge in [-0.05, 0) is 54.7 Å². The van der Waals surface area contributed by atoms with Gasteiger partial charge in [0.1, 0.15) is 5.75 Å². The minimum absolute atomic E-state index is 0.0105. The standard InChI is InChI=1S/C17H20ClN3O3S/c1-21(2)14(11-6-7-25-10-11)9-19-16(22)17(23)20-13-8-12(18)4-5-15(13)24-3/h4-8,10,14H,9H2,1-3H3,(H,19,22)(H,20,23). The van der Waals surface area contributed by atoms with Crippen molar-refractivity contribution < 1.29 is 14.3 Å². The van der Waals surface area contributed by atoms with Crippen molar-refractivity contribution in [2.24, 2.45) is 0 Å². The first-order chi connectivity index (χ1) is 11.9. The van der Waals surface area contributed by atoms with Gasteiger partial charge in [-0.15, -0.1) is 0 Å². The first-order valence-electron chi connectivity index (χ1n) is 7.53. The van der Waals surface area contributed by atoms with Gasteiger partial charge in [0.05, 0.1) is 18.8 Å². The van der Waals surface area contributed by atoms with Crippen molar-refractivity contribution in [2.75, 3.05) is 33.1 Å². The van der Waals surface area contributed by atoms with Gasteiger partial charge in [-0.2, -0.15) is 11.3 Å². The maximum atomic E-state index is 12.1. The first-order valence-corrected chi connectivity index (χ1v) is 8.85. The molecular formula is C17H20ClN3O3S. The zero-order chi connectivity index (χ0) is 18.4. The predicted octanol–water partition coefficient (Wildman–Crippen LogP) is 2.77. The van der Waals surface area contributed by atoms with Crippen molar-refractivity contribution >= 4 is 40.4 Å². The van der Waals surface area contributed by atoms with Crippen LogP contribution in [0.15, 0.2) is 35.0 Å². The molecule has 0 saturated carbocycles. The topological polar surface area (TPSA) is 70.7 Å². The van der Waals surface area contributed by atoms with Crippen LogP contribution in [0.2, 0.25) is 5.02 Å². The number of halogens is 1. The summed E-state index contributed by atoms with van der Waals surface area (Å²) in [6.07, 6.45) is 0. The Kier molecular flexibility index (Phi) is 6.81. The fraction of sp³-hybridized carbons (Fsp3) is 0.294. The van der Waals surface area contributed by atoms with E-state index in [4.69, 9.17) is 16.3 Å². The van der Waals surface area contributed by atoms with Gasteiger partial charge in [-0.3, -0.25) is 9.59 Å². The van der Waals surface area contributed by atoms with E-state index in [1.54, 1.807) is 23.5 Å². The maximum absolute atomic E-state index is 12.1. The van der Waals surface area contributed by atoms with Gasteiger partial charge < -0.3 is 20.3 Å². The molecule has 0 aliphatic rings. The number of anilines is 1. The third-order valence-corrected chi connectivity index (χ3v) is 4.56. The fourth-order valence-corrected chi connectivity index (χ4v) is 3.17. The molecule has 0 radical (unpaired) electrons. The number of nitrogens with one attached hydrogen (secondary N) is 2. The highest BCUT2D eigenvalue weighted by atomic mass is 35.5. The molecule has 0 aliphatic carbocycles. The summed E-state index contributed by atoms with van der Waals surface area (Å²) in [6.45, 7) is 0.322. The maximum Gasteiger partial charge on any atom is 0.313 e. The number of ether oxygens (including phenoxy) is 1. The van der Waals surface area contributed by atoms with Crippen LogP contribution in [0, 0.1) is 0 Å². The van der Waals surface area contributed by atoms with Gasteiger partial charge >= 0.3 is 11.8 Å². The van der Waals surface area contributed by atoms with E-state index in [0.29, 0.717) is 23.0 Å². The normalized spacial score (nSPS) is 11.9. The number of methoxy groups -OCH3 is 1. The number of hydrogen-bond acceptors (Lipinski definition) is 5. The van der Waals surface area contributed by atoms with Crippen LogP contribution in [0.3, 0.4) is 0 Å². The zero-order valence-electron chi connectivity index (χ0n) is 14.2. The molecule has 134 valence electrons. The molecule has 2 rings (SSSR count). The lowest BCUT2D eigenvalue weighted by Crippen LogP contribution is -2.40. The van der Waals surface area contributed by atoms with E-state index >= 15 is 0 Å². The van der Waals surface area contributed by atoms with Crippen LogP contribution >= 0.6 is 22.9 Å². The average Bonchev–Trinajstić information content (AvgIpc) is 3.09. The highest BCUT2D eigenvalue weighted by molar-refractivity contribution is 7.08. The summed E-state index contributed by atoms with van der Waals surface area (Å²) in [5.41, 5.74) is 1.43. The number of carbonyl (C=O) groups excluding carboxylic acids is 2. The number of thiophene rings is 1. The summed E-state index contributed by atoms with van der Waals surface area (Å²) in [7, 11) is 5.32. The molecule has 0 fully saturated rings. The van der Waals surface area contributed by atoms with E-state index in [9.17, 15) is 9.59 Å². The Morgan fingerprint density at radius 2 is 2.04 bits per heavy atom. The largest absolute Gasteiger partial charge is 0.495 e. The summed E-state index contributed by atoms with van der Waals surface area (Å²) >= 11 is 7.51. The second-order valence-corrected chi connectivity index (χ2v) is 6.76. The quantitative estimate of drug-likeness (QED) is 0.755. The molecule has 1 aromatic heterocycles. The molecule has 1 heterocycles. The number of nitrogens with zero attached hydrogens (tertiary/aromatic N) is 1. The summed E-state index contributed by atoms with van der Waals surface area (Å²) < 4.78 is 5.15. The van der Waals surface area contributed by atoms with Gasteiger partial charge in [0.25, 0.3) is 0 Å². The summed E-state index contributed by atoms with van der Waals surface area (Å²) in [5.74, 6) is -1.07. The summed E-state index contributed by atoms with van der Waals surface area (Å²) in [5, 5.41) is 9.61. The second-order valence-electron chi connectivity index (χ2n) is 5.54. The van der Waals surface area contributed by atoms with Crippen molar-refractivity contribution in [1.29, 1.82) is 0 Å². The molecule has 0 spiro atoms. The van der Waals surface area contributed by atoms with Crippen LogP contribution in [0.1, 0.15) is 11.6 Å². The highest BCUT2D eigenvalue weighted by Gasteiger charge is 2.20. The van der Waals surface area contributed by atoms with Crippen molar-refractivity contribution in [3.8, 4) is 5.75 Å². The van der Waals surface area contributed by atoms with Crippen molar-refractivity contribution in [2.45, 2.75) is 6.04 Å². The van der Waals surface area contributed by atoms with Crippen molar-refractivity contribution in [1.82, 2.24) is 10.2 Å². The lowest BCUT2D eigenvalue weighted by atomic mass is 10.1. The van der Waals surface area contributed by atoms with Crippen LogP contribution in [0.5, 0.6) is 5.75 Å². The summed E-state index contributed by atoms with van der Waals surface area (Å²) in [4.78, 5) is 26.2. The van der Waals surface area contributed by atoms with E-state index in [-0.39, 0.29) is 6.04 Å². The first kappa shape index (κ1) is 19.2. The Hall–Kier alpha value is -2.09. The fourth-order valence-electron chi connectivity index (χ4n) is 2.29. The van der Waals surface area contributed by atoms with Crippen LogP contribution in [-0.2, 0) is 9.59 Å². The number of hydrogen-bond donors (Lipinski definition) is 2. The Morgan fingerprint density at radius 3 is 2.64 bits per heavy atom. The van der Waals surface area contributed by atoms with Crippen LogP contribution in [0.4, 0.5) is 5.69 Å². The van der Waals surface area contributed by atoms with E-state index in [1.807, 2.05) is 35.8 Å². The third kappa shape index (κ3) is 5.19. The molecule has 6 nitrogen and oxygen atoms in total. The molecule has 2 N–H and O–H groups in total. The SMILES string of the molecule is COc1ccc(Cl)cc1NC(=O)C(=O)NCC(c1ccsc1)N(C)C. The minimum Gasteiger partial charge on any atom is -0.495 e. The van der Waals surface area contributed by atoms with Gasteiger partial charge in [0.15, 0.2) is 0 Å². The molecule has 2 amide bonds. The highest BCUT2D eigenvalue weighted by Crippen LogP contribution is 2.27. The Labute approximate surface area is 155 Å². The van der Waals surface area contributed by atoms with E-state index in [1.165, 1.54) is 13.2 Å². The molecular weight excluding hydrogens is 362 g/mol.